The molecule has 4 nitrogen and oxygen atoms in total. The maximum atomic E-state index is 11.2. The number of carboxylic acids is 1. The molecule has 2 N–H and O–H groups in total. The summed E-state index contributed by atoms with van der Waals surface area (Å²) in [4.78, 5) is 11.2. The first-order chi connectivity index (χ1) is 8.95. The fraction of sp³-hybridized carbons (Fsp3) is 0.400. The van der Waals surface area contributed by atoms with E-state index in [1.165, 1.54) is 0 Å². The van der Waals surface area contributed by atoms with Gasteiger partial charge >= 0.3 is 5.97 Å². The van der Waals surface area contributed by atoms with E-state index >= 15 is 0 Å². The Morgan fingerprint density at radius 1 is 1.42 bits per heavy atom. The van der Waals surface area contributed by atoms with Gasteiger partial charge in [0.25, 0.3) is 0 Å². The maximum absolute atomic E-state index is 11.2. The molecule has 0 aliphatic rings. The molecule has 4 heteroatoms. The van der Waals surface area contributed by atoms with Crippen LogP contribution in [-0.4, -0.2) is 20.7 Å². The molecule has 102 valence electrons. The van der Waals surface area contributed by atoms with Gasteiger partial charge in [-0.1, -0.05) is 6.92 Å². The van der Waals surface area contributed by atoms with Crippen molar-refractivity contribution >= 4 is 16.9 Å². The van der Waals surface area contributed by atoms with Gasteiger partial charge in [0, 0.05) is 29.2 Å². The molecule has 2 rings (SSSR count). The number of rotatable bonds is 4. The first kappa shape index (κ1) is 13.6. The summed E-state index contributed by atoms with van der Waals surface area (Å²) in [5.74, 6) is -0.931. The van der Waals surface area contributed by atoms with Crippen molar-refractivity contribution in [3.05, 3.63) is 35.0 Å². The summed E-state index contributed by atoms with van der Waals surface area (Å²) in [5, 5.41) is 19.9. The number of aliphatic hydroxyl groups excluding tert-OH is 1. The molecule has 0 aliphatic carbocycles. The average molecular weight is 261 g/mol. The highest BCUT2D eigenvalue weighted by atomic mass is 16.4. The smallest absolute Gasteiger partial charge is 0.335 e. The molecule has 1 aromatic heterocycles. The van der Waals surface area contributed by atoms with Gasteiger partial charge in [0.2, 0.25) is 0 Å². The Bertz CT molecular complexity index is 626. The number of carboxylic acid groups (broad SMARTS) is 1. The van der Waals surface area contributed by atoms with Crippen LogP contribution in [-0.2, 0) is 6.54 Å². The number of aromatic nitrogens is 1. The van der Waals surface area contributed by atoms with Gasteiger partial charge in [-0.2, -0.15) is 0 Å². The van der Waals surface area contributed by atoms with Crippen LogP contribution >= 0.6 is 0 Å². The largest absolute Gasteiger partial charge is 0.478 e. The summed E-state index contributed by atoms with van der Waals surface area (Å²) in [6.45, 7) is 6.45. The van der Waals surface area contributed by atoms with Gasteiger partial charge in [-0.05, 0) is 38.0 Å². The van der Waals surface area contributed by atoms with Crippen LogP contribution in [0.4, 0.5) is 0 Å². The van der Waals surface area contributed by atoms with Crippen LogP contribution in [0.25, 0.3) is 10.9 Å². The molecule has 19 heavy (non-hydrogen) atoms. The highest BCUT2D eigenvalue weighted by Crippen LogP contribution is 2.29. The third-order valence-corrected chi connectivity index (χ3v) is 3.40. The number of aliphatic hydroxyl groups is 1. The molecule has 1 aromatic carbocycles. The molecular formula is C15H19NO3. The molecule has 0 radical (unpaired) electrons. The van der Waals surface area contributed by atoms with Crippen LogP contribution in [0.1, 0.15) is 47.9 Å². The zero-order chi connectivity index (χ0) is 14.2. The number of nitrogens with zero attached hydrogens (tertiary/aromatic N) is 1. The Morgan fingerprint density at radius 2 is 2.11 bits per heavy atom. The Balaban J connectivity index is 2.75. The van der Waals surface area contributed by atoms with Crippen molar-refractivity contribution in [3.8, 4) is 0 Å². The Kier molecular flexibility index (Phi) is 3.62. The van der Waals surface area contributed by atoms with Crippen LogP contribution in [0, 0.1) is 6.92 Å². The van der Waals surface area contributed by atoms with Crippen molar-refractivity contribution < 1.29 is 15.0 Å². The topological polar surface area (TPSA) is 62.5 Å². The lowest BCUT2D eigenvalue weighted by atomic mass is 10.0. The van der Waals surface area contributed by atoms with Gasteiger partial charge in [0.15, 0.2) is 0 Å². The molecule has 1 heterocycles. The Hall–Kier alpha value is -1.81. The van der Waals surface area contributed by atoms with Crippen LogP contribution in [0.3, 0.4) is 0 Å². The molecule has 0 saturated carbocycles. The molecule has 0 fully saturated rings. The van der Waals surface area contributed by atoms with E-state index in [0.717, 1.165) is 35.0 Å². The molecule has 0 bridgehead atoms. The summed E-state index contributed by atoms with van der Waals surface area (Å²) in [5.41, 5.74) is 2.81. The zero-order valence-corrected chi connectivity index (χ0v) is 11.5. The third-order valence-electron chi connectivity index (χ3n) is 3.40. The summed E-state index contributed by atoms with van der Waals surface area (Å²) in [6, 6.07) is 3.56. The van der Waals surface area contributed by atoms with Crippen molar-refractivity contribution in [2.45, 2.75) is 39.8 Å². The van der Waals surface area contributed by atoms with E-state index < -0.39 is 12.1 Å². The van der Waals surface area contributed by atoms with E-state index in [9.17, 15) is 15.0 Å². The van der Waals surface area contributed by atoms with Crippen molar-refractivity contribution in [1.82, 2.24) is 4.57 Å². The van der Waals surface area contributed by atoms with E-state index in [2.05, 4.69) is 11.5 Å². The zero-order valence-electron chi connectivity index (χ0n) is 11.5. The molecule has 0 amide bonds. The maximum Gasteiger partial charge on any atom is 0.335 e. The first-order valence-corrected chi connectivity index (χ1v) is 6.50. The van der Waals surface area contributed by atoms with Gasteiger partial charge in [-0.3, -0.25) is 0 Å². The van der Waals surface area contributed by atoms with Gasteiger partial charge in [0.05, 0.1) is 11.7 Å². The number of carbonyl (C=O) groups is 1. The Morgan fingerprint density at radius 3 is 2.63 bits per heavy atom. The summed E-state index contributed by atoms with van der Waals surface area (Å²) in [7, 11) is 0. The minimum Gasteiger partial charge on any atom is -0.478 e. The predicted octanol–water partition coefficient (Wildman–Crippen LogP) is 3.11. The predicted molar refractivity (Wildman–Crippen MR) is 74.6 cm³/mol. The number of fused-ring (bicyclic) bond motifs is 1. The number of hydrogen-bond donors (Lipinski definition) is 2. The highest BCUT2D eigenvalue weighted by molar-refractivity contribution is 5.96. The lowest BCUT2D eigenvalue weighted by molar-refractivity contribution is 0.0696. The highest BCUT2D eigenvalue weighted by Gasteiger charge is 2.16. The number of aryl methyl sites for hydroxylation is 2. The average Bonchev–Trinajstić information content (AvgIpc) is 2.67. The molecule has 0 aliphatic heterocycles. The van der Waals surface area contributed by atoms with E-state index in [-0.39, 0.29) is 0 Å². The van der Waals surface area contributed by atoms with E-state index in [1.807, 2.05) is 12.3 Å². The normalized spacial score (nSPS) is 12.8. The first-order valence-electron chi connectivity index (χ1n) is 6.50. The van der Waals surface area contributed by atoms with E-state index in [1.54, 1.807) is 19.9 Å². The van der Waals surface area contributed by atoms with E-state index in [4.69, 9.17) is 0 Å². The molecule has 1 atom stereocenters. The minimum absolute atomic E-state index is 0.295. The van der Waals surface area contributed by atoms with Gasteiger partial charge in [-0.25, -0.2) is 4.79 Å². The second-order valence-electron chi connectivity index (χ2n) is 4.94. The monoisotopic (exact) mass is 261 g/mol. The summed E-state index contributed by atoms with van der Waals surface area (Å²) < 4.78 is 2.08. The molecule has 1 unspecified atom stereocenters. The molecule has 0 saturated heterocycles. The number of benzene rings is 1. The van der Waals surface area contributed by atoms with Gasteiger partial charge in [0.1, 0.15) is 0 Å². The van der Waals surface area contributed by atoms with Crippen LogP contribution in [0.15, 0.2) is 18.3 Å². The van der Waals surface area contributed by atoms with Crippen LogP contribution in [0.5, 0.6) is 0 Å². The van der Waals surface area contributed by atoms with Crippen molar-refractivity contribution in [2.75, 3.05) is 0 Å². The van der Waals surface area contributed by atoms with Gasteiger partial charge in [-0.15, -0.1) is 0 Å². The van der Waals surface area contributed by atoms with Crippen molar-refractivity contribution in [1.29, 1.82) is 0 Å². The van der Waals surface area contributed by atoms with Crippen LogP contribution in [0.2, 0.25) is 0 Å². The number of hydrogen-bond acceptors (Lipinski definition) is 2. The summed E-state index contributed by atoms with van der Waals surface area (Å²) in [6.07, 6.45) is 2.30. The van der Waals surface area contributed by atoms with Crippen LogP contribution < -0.4 is 0 Å². The summed E-state index contributed by atoms with van der Waals surface area (Å²) >= 11 is 0. The van der Waals surface area contributed by atoms with Gasteiger partial charge < -0.3 is 14.8 Å². The SMILES string of the molecule is CCCn1cc(C(C)O)c2cc(C(=O)O)c(C)cc21. The lowest BCUT2D eigenvalue weighted by Gasteiger charge is -2.06. The third kappa shape index (κ3) is 2.36. The van der Waals surface area contributed by atoms with Crippen molar-refractivity contribution in [2.24, 2.45) is 0 Å². The molecule has 0 spiro atoms. The fourth-order valence-corrected chi connectivity index (χ4v) is 2.46. The fourth-order valence-electron chi connectivity index (χ4n) is 2.46. The standard InChI is InChI=1S/C15H19NO3/c1-4-5-16-8-13(10(3)17)12-7-11(15(18)19)9(2)6-14(12)16/h6-8,10,17H,4-5H2,1-3H3,(H,18,19). The number of aromatic carboxylic acids is 1. The molecular weight excluding hydrogens is 242 g/mol. The Labute approximate surface area is 112 Å². The molecule has 2 aromatic rings. The second-order valence-corrected chi connectivity index (χ2v) is 4.94. The minimum atomic E-state index is -0.931. The quantitative estimate of drug-likeness (QED) is 0.888. The van der Waals surface area contributed by atoms with Crippen molar-refractivity contribution in [3.63, 3.8) is 0 Å². The second kappa shape index (κ2) is 5.05. The lowest BCUT2D eigenvalue weighted by Crippen LogP contribution is -2.01. The van der Waals surface area contributed by atoms with E-state index in [0.29, 0.717) is 5.56 Å².